The van der Waals surface area contributed by atoms with Crippen molar-refractivity contribution in [1.82, 2.24) is 5.32 Å². The normalized spacial score (nSPS) is 14.3. The summed E-state index contributed by atoms with van der Waals surface area (Å²) in [5.74, 6) is -1.01. The average Bonchev–Trinajstić information content (AvgIpc) is 2.25. The highest BCUT2D eigenvalue weighted by Crippen LogP contribution is 2.21. The zero-order chi connectivity index (χ0) is 12.8. The minimum Gasteiger partial charge on any atom is -0.481 e. The van der Waals surface area contributed by atoms with Crippen LogP contribution in [-0.4, -0.2) is 28.8 Å². The number of aliphatic hydroxyl groups excluding tert-OH is 1. The van der Waals surface area contributed by atoms with Crippen LogP contribution < -0.4 is 5.32 Å². The van der Waals surface area contributed by atoms with E-state index in [1.807, 2.05) is 25.1 Å². The van der Waals surface area contributed by atoms with Gasteiger partial charge in [0, 0.05) is 17.6 Å². The Balaban J connectivity index is 2.47. The Morgan fingerprint density at radius 1 is 1.47 bits per heavy atom. The Morgan fingerprint density at radius 2 is 2.12 bits per heavy atom. The Morgan fingerprint density at radius 3 is 2.71 bits per heavy atom. The maximum Gasteiger partial charge on any atom is 0.306 e. The minimum atomic E-state index is -1.01. The summed E-state index contributed by atoms with van der Waals surface area (Å²) in [7, 11) is 0. The van der Waals surface area contributed by atoms with Crippen molar-refractivity contribution in [2.45, 2.75) is 25.5 Å². The maximum atomic E-state index is 10.4. The van der Waals surface area contributed by atoms with Crippen LogP contribution in [0.25, 0.3) is 0 Å². The second-order valence-electron chi connectivity index (χ2n) is 3.90. The second kappa shape index (κ2) is 6.59. The summed E-state index contributed by atoms with van der Waals surface area (Å²) in [5.41, 5.74) is 0.927. The van der Waals surface area contributed by atoms with Crippen LogP contribution in [0.3, 0.4) is 0 Å². The molecule has 2 atom stereocenters. The van der Waals surface area contributed by atoms with Gasteiger partial charge in [0.2, 0.25) is 0 Å². The van der Waals surface area contributed by atoms with E-state index in [0.29, 0.717) is 5.02 Å². The molecule has 0 aromatic heterocycles. The molecule has 1 rings (SSSR count). The number of rotatable bonds is 6. The summed E-state index contributed by atoms with van der Waals surface area (Å²) in [6, 6.07) is 7.38. The van der Waals surface area contributed by atoms with Gasteiger partial charge in [0.05, 0.1) is 12.5 Å². The number of nitrogens with one attached hydrogen (secondary N) is 1. The van der Waals surface area contributed by atoms with Gasteiger partial charge in [-0.25, -0.2) is 0 Å². The summed E-state index contributed by atoms with van der Waals surface area (Å²) in [6.07, 6.45) is -1.15. The number of carbonyl (C=O) groups is 1. The summed E-state index contributed by atoms with van der Waals surface area (Å²) in [5, 5.41) is 21.6. The topological polar surface area (TPSA) is 69.6 Å². The number of aliphatic hydroxyl groups is 1. The molecule has 94 valence electrons. The summed E-state index contributed by atoms with van der Waals surface area (Å²) < 4.78 is 0. The van der Waals surface area contributed by atoms with Crippen molar-refractivity contribution < 1.29 is 15.0 Å². The smallest absolute Gasteiger partial charge is 0.306 e. The zero-order valence-electron chi connectivity index (χ0n) is 9.56. The molecule has 1 aromatic rings. The lowest BCUT2D eigenvalue weighted by atomic mass is 10.1. The fourth-order valence-corrected chi connectivity index (χ4v) is 1.82. The largest absolute Gasteiger partial charge is 0.481 e. The third-order valence-corrected chi connectivity index (χ3v) is 2.79. The number of halogens is 1. The summed E-state index contributed by atoms with van der Waals surface area (Å²) >= 11 is 6.02. The van der Waals surface area contributed by atoms with Gasteiger partial charge in [-0.3, -0.25) is 4.79 Å². The number of hydrogen-bond acceptors (Lipinski definition) is 3. The van der Waals surface area contributed by atoms with Crippen molar-refractivity contribution in [3.05, 3.63) is 34.9 Å². The van der Waals surface area contributed by atoms with Gasteiger partial charge in [-0.2, -0.15) is 0 Å². The molecule has 1 unspecified atom stereocenters. The molecule has 1 aromatic carbocycles. The predicted octanol–water partition coefficient (Wildman–Crippen LogP) is 1.83. The highest BCUT2D eigenvalue weighted by Gasteiger charge is 2.13. The van der Waals surface area contributed by atoms with E-state index in [1.165, 1.54) is 0 Å². The lowest BCUT2D eigenvalue weighted by Gasteiger charge is -2.17. The molecule has 0 aliphatic carbocycles. The molecule has 0 aliphatic rings. The first-order chi connectivity index (χ1) is 8.00. The van der Waals surface area contributed by atoms with Gasteiger partial charge < -0.3 is 15.5 Å². The Bertz CT molecular complexity index is 384. The van der Waals surface area contributed by atoms with Crippen LogP contribution in [0.4, 0.5) is 0 Å². The molecule has 4 nitrogen and oxygen atoms in total. The van der Waals surface area contributed by atoms with Gasteiger partial charge in [0.1, 0.15) is 0 Å². The number of aliphatic carboxylic acids is 1. The maximum absolute atomic E-state index is 10.4. The van der Waals surface area contributed by atoms with Crippen molar-refractivity contribution in [2.75, 3.05) is 6.54 Å². The lowest BCUT2D eigenvalue weighted by molar-refractivity contribution is -0.139. The SMILES string of the molecule is C[C@H](NCC(O)CC(=O)O)c1ccccc1Cl. The standard InChI is InChI=1S/C12H16ClNO3/c1-8(10-4-2-3-5-11(10)13)14-7-9(15)6-12(16)17/h2-5,8-9,14-15H,6-7H2,1H3,(H,16,17)/t8-,9?/m0/s1. The molecule has 0 heterocycles. The van der Waals surface area contributed by atoms with Crippen LogP contribution in [0.5, 0.6) is 0 Å². The van der Waals surface area contributed by atoms with Gasteiger partial charge >= 0.3 is 5.97 Å². The molecule has 0 aliphatic heterocycles. The van der Waals surface area contributed by atoms with Gasteiger partial charge in [-0.1, -0.05) is 29.8 Å². The molecule has 0 radical (unpaired) electrons. The minimum absolute atomic E-state index is 0.0351. The van der Waals surface area contributed by atoms with E-state index < -0.39 is 12.1 Å². The molecular formula is C12H16ClNO3. The van der Waals surface area contributed by atoms with Crippen LogP contribution in [0, 0.1) is 0 Å². The monoisotopic (exact) mass is 257 g/mol. The highest BCUT2D eigenvalue weighted by atomic mass is 35.5. The number of benzene rings is 1. The van der Waals surface area contributed by atoms with Crippen LogP contribution >= 0.6 is 11.6 Å². The highest BCUT2D eigenvalue weighted by molar-refractivity contribution is 6.31. The van der Waals surface area contributed by atoms with Gasteiger partial charge in [0.25, 0.3) is 0 Å². The molecular weight excluding hydrogens is 242 g/mol. The molecule has 0 fully saturated rings. The third-order valence-electron chi connectivity index (χ3n) is 2.44. The van der Waals surface area contributed by atoms with Crippen molar-refractivity contribution in [1.29, 1.82) is 0 Å². The molecule has 5 heteroatoms. The molecule has 0 saturated heterocycles. The van der Waals surface area contributed by atoms with Crippen LogP contribution in [-0.2, 0) is 4.79 Å². The van der Waals surface area contributed by atoms with E-state index in [9.17, 15) is 9.90 Å². The van der Waals surface area contributed by atoms with Crippen molar-refractivity contribution in [3.8, 4) is 0 Å². The number of carboxylic acids is 1. The van der Waals surface area contributed by atoms with Crippen molar-refractivity contribution in [2.24, 2.45) is 0 Å². The fourth-order valence-electron chi connectivity index (χ4n) is 1.52. The van der Waals surface area contributed by atoms with Crippen LogP contribution in [0.2, 0.25) is 5.02 Å². The van der Waals surface area contributed by atoms with Gasteiger partial charge in [-0.15, -0.1) is 0 Å². The Kier molecular flexibility index (Phi) is 5.41. The Hall–Kier alpha value is -1.10. The zero-order valence-corrected chi connectivity index (χ0v) is 10.3. The lowest BCUT2D eigenvalue weighted by Crippen LogP contribution is -2.30. The summed E-state index contributed by atoms with van der Waals surface area (Å²) in [6.45, 7) is 2.13. The van der Waals surface area contributed by atoms with E-state index in [1.54, 1.807) is 6.07 Å². The molecule has 0 spiro atoms. The first kappa shape index (κ1) is 14.0. The first-order valence-corrected chi connectivity index (χ1v) is 5.76. The number of hydrogen-bond donors (Lipinski definition) is 3. The third kappa shape index (κ3) is 4.73. The molecule has 0 amide bonds. The molecule has 17 heavy (non-hydrogen) atoms. The predicted molar refractivity (Wildman–Crippen MR) is 66.1 cm³/mol. The molecule has 0 bridgehead atoms. The molecule has 0 saturated carbocycles. The van der Waals surface area contributed by atoms with Gasteiger partial charge in [-0.05, 0) is 18.6 Å². The molecule has 3 N–H and O–H groups in total. The van der Waals surface area contributed by atoms with Crippen LogP contribution in [0.15, 0.2) is 24.3 Å². The quantitative estimate of drug-likeness (QED) is 0.727. The average molecular weight is 258 g/mol. The van der Waals surface area contributed by atoms with E-state index in [-0.39, 0.29) is 19.0 Å². The van der Waals surface area contributed by atoms with Gasteiger partial charge in [0.15, 0.2) is 0 Å². The second-order valence-corrected chi connectivity index (χ2v) is 4.31. The van der Waals surface area contributed by atoms with E-state index in [0.717, 1.165) is 5.56 Å². The van der Waals surface area contributed by atoms with Crippen molar-refractivity contribution in [3.63, 3.8) is 0 Å². The first-order valence-electron chi connectivity index (χ1n) is 5.38. The van der Waals surface area contributed by atoms with E-state index >= 15 is 0 Å². The Labute approximate surface area is 105 Å². The fraction of sp³-hybridized carbons (Fsp3) is 0.417. The summed E-state index contributed by atoms with van der Waals surface area (Å²) in [4.78, 5) is 10.4. The van der Waals surface area contributed by atoms with Crippen molar-refractivity contribution >= 4 is 17.6 Å². The van der Waals surface area contributed by atoms with Crippen LogP contribution in [0.1, 0.15) is 24.9 Å². The number of carboxylic acid groups (broad SMARTS) is 1. The van der Waals surface area contributed by atoms with E-state index in [4.69, 9.17) is 16.7 Å². The van der Waals surface area contributed by atoms with E-state index in [2.05, 4.69) is 5.32 Å².